The molecule has 0 spiro atoms. The molecule has 0 saturated carbocycles. The van der Waals surface area contributed by atoms with E-state index in [4.69, 9.17) is 0 Å². The summed E-state index contributed by atoms with van der Waals surface area (Å²) in [5, 5.41) is 3.34. The SMILES string of the molecule is Cc1ccnc(NCCc2ccc(Br)s2)c1Br. The van der Waals surface area contributed by atoms with E-state index in [-0.39, 0.29) is 0 Å². The van der Waals surface area contributed by atoms with Gasteiger partial charge in [-0.2, -0.15) is 0 Å². The Morgan fingerprint density at radius 3 is 2.82 bits per heavy atom. The molecule has 90 valence electrons. The van der Waals surface area contributed by atoms with E-state index in [9.17, 15) is 0 Å². The largest absolute Gasteiger partial charge is 0.369 e. The van der Waals surface area contributed by atoms with Crippen LogP contribution in [0.1, 0.15) is 10.4 Å². The predicted octanol–water partition coefficient (Wildman–Crippen LogP) is 4.63. The molecule has 2 rings (SSSR count). The van der Waals surface area contributed by atoms with Crippen molar-refractivity contribution in [1.29, 1.82) is 0 Å². The molecule has 2 heterocycles. The van der Waals surface area contributed by atoms with Crippen LogP contribution in [0.3, 0.4) is 0 Å². The average Bonchev–Trinajstić information content (AvgIpc) is 2.70. The van der Waals surface area contributed by atoms with Crippen LogP contribution in [0.25, 0.3) is 0 Å². The number of thiophene rings is 1. The molecule has 0 bridgehead atoms. The summed E-state index contributed by atoms with van der Waals surface area (Å²) in [7, 11) is 0. The van der Waals surface area contributed by atoms with E-state index in [1.807, 2.05) is 12.3 Å². The first kappa shape index (κ1) is 13.1. The summed E-state index contributed by atoms with van der Waals surface area (Å²) in [6.07, 6.45) is 2.84. The van der Waals surface area contributed by atoms with Gasteiger partial charge in [-0.1, -0.05) is 0 Å². The summed E-state index contributed by atoms with van der Waals surface area (Å²) in [4.78, 5) is 5.68. The molecule has 0 aromatic carbocycles. The van der Waals surface area contributed by atoms with Crippen molar-refractivity contribution >= 4 is 49.0 Å². The molecular weight excluding hydrogens is 364 g/mol. The van der Waals surface area contributed by atoms with Crippen LogP contribution < -0.4 is 5.32 Å². The molecule has 0 aliphatic carbocycles. The molecule has 0 amide bonds. The Kier molecular flexibility index (Phi) is 4.59. The van der Waals surface area contributed by atoms with Crippen LogP contribution in [0.2, 0.25) is 0 Å². The van der Waals surface area contributed by atoms with Gasteiger partial charge in [0, 0.05) is 17.6 Å². The molecule has 5 heteroatoms. The lowest BCUT2D eigenvalue weighted by Crippen LogP contribution is -2.06. The predicted molar refractivity (Wildman–Crippen MR) is 80.9 cm³/mol. The fraction of sp³-hybridized carbons (Fsp3) is 0.250. The van der Waals surface area contributed by atoms with Crippen LogP contribution in [0.4, 0.5) is 5.82 Å². The Labute approximate surface area is 122 Å². The highest BCUT2D eigenvalue weighted by atomic mass is 79.9. The van der Waals surface area contributed by atoms with Crippen molar-refractivity contribution < 1.29 is 0 Å². The van der Waals surface area contributed by atoms with E-state index >= 15 is 0 Å². The maximum atomic E-state index is 4.31. The Bertz CT molecular complexity index is 511. The second-order valence-electron chi connectivity index (χ2n) is 3.67. The van der Waals surface area contributed by atoms with Gasteiger partial charge in [-0.3, -0.25) is 0 Å². The van der Waals surface area contributed by atoms with E-state index in [0.29, 0.717) is 0 Å². The number of nitrogens with zero attached hydrogens (tertiary/aromatic N) is 1. The highest BCUT2D eigenvalue weighted by Gasteiger charge is 2.03. The summed E-state index contributed by atoms with van der Waals surface area (Å²) < 4.78 is 2.23. The number of aromatic nitrogens is 1. The Morgan fingerprint density at radius 1 is 1.29 bits per heavy atom. The van der Waals surface area contributed by atoms with Gasteiger partial charge in [-0.05, 0) is 69.0 Å². The zero-order chi connectivity index (χ0) is 12.3. The average molecular weight is 376 g/mol. The van der Waals surface area contributed by atoms with Gasteiger partial charge in [-0.15, -0.1) is 11.3 Å². The lowest BCUT2D eigenvalue weighted by Gasteiger charge is -2.08. The minimum absolute atomic E-state index is 0.891. The molecule has 2 nitrogen and oxygen atoms in total. The highest BCUT2D eigenvalue weighted by molar-refractivity contribution is 9.11. The topological polar surface area (TPSA) is 24.9 Å². The van der Waals surface area contributed by atoms with Gasteiger partial charge in [0.25, 0.3) is 0 Å². The van der Waals surface area contributed by atoms with Crippen molar-refractivity contribution in [2.75, 3.05) is 11.9 Å². The van der Waals surface area contributed by atoms with E-state index in [1.54, 1.807) is 11.3 Å². The molecule has 0 aliphatic rings. The van der Waals surface area contributed by atoms with Crippen molar-refractivity contribution in [1.82, 2.24) is 4.98 Å². The zero-order valence-corrected chi connectivity index (χ0v) is 13.3. The van der Waals surface area contributed by atoms with Crippen molar-refractivity contribution in [2.24, 2.45) is 0 Å². The molecular formula is C12H12Br2N2S. The normalized spacial score (nSPS) is 10.5. The van der Waals surface area contributed by atoms with Crippen LogP contribution in [-0.2, 0) is 6.42 Å². The lowest BCUT2D eigenvalue weighted by molar-refractivity contribution is 1.02. The third kappa shape index (κ3) is 3.53. The summed E-state index contributed by atoms with van der Waals surface area (Å²) in [5.74, 6) is 0.917. The molecule has 0 radical (unpaired) electrons. The van der Waals surface area contributed by atoms with Crippen molar-refractivity contribution in [3.63, 3.8) is 0 Å². The molecule has 1 N–H and O–H groups in total. The van der Waals surface area contributed by atoms with Gasteiger partial charge in [0.15, 0.2) is 0 Å². The number of pyridine rings is 1. The van der Waals surface area contributed by atoms with Gasteiger partial charge in [0.05, 0.1) is 8.26 Å². The Morgan fingerprint density at radius 2 is 2.12 bits per heavy atom. The molecule has 0 fully saturated rings. The number of halogens is 2. The minimum Gasteiger partial charge on any atom is -0.369 e. The number of aryl methyl sites for hydroxylation is 1. The van der Waals surface area contributed by atoms with Crippen LogP contribution in [0.15, 0.2) is 32.7 Å². The molecule has 0 atom stereocenters. The van der Waals surface area contributed by atoms with Crippen molar-refractivity contribution in [3.05, 3.63) is 43.1 Å². The van der Waals surface area contributed by atoms with Crippen LogP contribution in [0, 0.1) is 6.92 Å². The fourth-order valence-electron chi connectivity index (χ4n) is 1.45. The molecule has 0 saturated heterocycles. The Hall–Kier alpha value is -0.390. The second kappa shape index (κ2) is 5.98. The molecule has 2 aromatic heterocycles. The van der Waals surface area contributed by atoms with E-state index in [0.717, 1.165) is 23.3 Å². The third-order valence-corrected chi connectivity index (χ3v) is 5.06. The van der Waals surface area contributed by atoms with Crippen LogP contribution >= 0.6 is 43.2 Å². The summed E-state index contributed by atoms with van der Waals surface area (Å²) in [5.41, 5.74) is 1.20. The number of hydrogen-bond acceptors (Lipinski definition) is 3. The van der Waals surface area contributed by atoms with E-state index in [2.05, 4.69) is 61.2 Å². The van der Waals surface area contributed by atoms with E-state index < -0.39 is 0 Å². The molecule has 0 unspecified atom stereocenters. The minimum atomic E-state index is 0.891. The third-order valence-electron chi connectivity index (χ3n) is 2.37. The first-order valence-corrected chi connectivity index (χ1v) is 7.66. The van der Waals surface area contributed by atoms with Gasteiger partial charge >= 0.3 is 0 Å². The second-order valence-corrected chi connectivity index (χ2v) is 7.01. The molecule has 17 heavy (non-hydrogen) atoms. The number of rotatable bonds is 4. The van der Waals surface area contributed by atoms with E-state index in [1.165, 1.54) is 14.2 Å². The first-order chi connectivity index (χ1) is 8.16. The van der Waals surface area contributed by atoms with Crippen LogP contribution in [-0.4, -0.2) is 11.5 Å². The quantitative estimate of drug-likeness (QED) is 0.842. The standard InChI is InChI=1S/C12H12Br2N2S/c1-8-4-6-15-12(11(8)14)16-7-5-9-2-3-10(13)17-9/h2-4,6H,5,7H2,1H3,(H,15,16). The highest BCUT2D eigenvalue weighted by Crippen LogP contribution is 2.24. The maximum Gasteiger partial charge on any atom is 0.140 e. The maximum absolute atomic E-state index is 4.31. The van der Waals surface area contributed by atoms with Gasteiger partial charge in [-0.25, -0.2) is 4.98 Å². The molecule has 2 aromatic rings. The van der Waals surface area contributed by atoms with Gasteiger partial charge in [0.2, 0.25) is 0 Å². The molecule has 0 aliphatic heterocycles. The number of anilines is 1. The summed E-state index contributed by atoms with van der Waals surface area (Å²) in [6, 6.07) is 6.22. The monoisotopic (exact) mass is 374 g/mol. The van der Waals surface area contributed by atoms with Gasteiger partial charge in [0.1, 0.15) is 5.82 Å². The number of nitrogens with one attached hydrogen (secondary N) is 1. The van der Waals surface area contributed by atoms with Gasteiger partial charge < -0.3 is 5.32 Å². The smallest absolute Gasteiger partial charge is 0.140 e. The summed E-state index contributed by atoms with van der Waals surface area (Å²) in [6.45, 7) is 2.95. The number of hydrogen-bond donors (Lipinski definition) is 1. The van der Waals surface area contributed by atoms with Crippen molar-refractivity contribution in [3.8, 4) is 0 Å². The summed E-state index contributed by atoms with van der Waals surface area (Å²) >= 11 is 8.78. The fourth-order valence-corrected chi connectivity index (χ4v) is 3.31. The Balaban J connectivity index is 1.92. The first-order valence-electron chi connectivity index (χ1n) is 5.26. The zero-order valence-electron chi connectivity index (χ0n) is 9.34. The van der Waals surface area contributed by atoms with Crippen LogP contribution in [0.5, 0.6) is 0 Å². The lowest BCUT2D eigenvalue weighted by atomic mass is 10.3. The van der Waals surface area contributed by atoms with Crippen molar-refractivity contribution in [2.45, 2.75) is 13.3 Å².